The highest BCUT2D eigenvalue weighted by atomic mass is 16.5. The second kappa shape index (κ2) is 5.14. The number of para-hydroxylation sites is 1. The fourth-order valence-corrected chi connectivity index (χ4v) is 2.92. The van der Waals surface area contributed by atoms with Gasteiger partial charge in [0.1, 0.15) is 0 Å². The molecule has 1 fully saturated rings. The molecule has 0 saturated carbocycles. The number of methoxy groups -OCH3 is 1. The van der Waals surface area contributed by atoms with Crippen LogP contribution in [0, 0.1) is 0 Å². The molecule has 0 bridgehead atoms. The average Bonchev–Trinajstić information content (AvgIpc) is 2.50. The van der Waals surface area contributed by atoms with E-state index in [0.29, 0.717) is 12.6 Å². The van der Waals surface area contributed by atoms with Crippen molar-refractivity contribution in [2.75, 3.05) is 12.4 Å². The van der Waals surface area contributed by atoms with Gasteiger partial charge in [0.2, 0.25) is 0 Å². The van der Waals surface area contributed by atoms with Gasteiger partial charge in [0.25, 0.3) is 0 Å². The van der Waals surface area contributed by atoms with E-state index in [-0.39, 0.29) is 11.2 Å². The van der Waals surface area contributed by atoms with Crippen molar-refractivity contribution in [1.29, 1.82) is 0 Å². The number of ether oxygens (including phenoxy) is 2. The first-order valence-electron chi connectivity index (χ1n) is 6.88. The third-order valence-corrected chi connectivity index (χ3v) is 3.72. The Hall–Kier alpha value is -1.06. The van der Waals surface area contributed by atoms with Crippen molar-refractivity contribution in [1.82, 2.24) is 0 Å². The van der Waals surface area contributed by atoms with Crippen LogP contribution in [0.3, 0.4) is 0 Å². The lowest BCUT2D eigenvalue weighted by Gasteiger charge is -2.29. The zero-order chi connectivity index (χ0) is 14.1. The van der Waals surface area contributed by atoms with E-state index >= 15 is 0 Å². The Labute approximate surface area is 116 Å². The van der Waals surface area contributed by atoms with E-state index in [9.17, 15) is 0 Å². The Kier molecular flexibility index (Phi) is 3.88. The van der Waals surface area contributed by atoms with Crippen LogP contribution in [0.2, 0.25) is 0 Å². The minimum absolute atomic E-state index is 0.0721. The topological polar surface area (TPSA) is 30.5 Å². The number of anilines is 1. The molecular formula is C16H25NO2. The molecule has 0 aliphatic carbocycles. The second-order valence-corrected chi connectivity index (χ2v) is 6.46. The van der Waals surface area contributed by atoms with Crippen LogP contribution in [0.25, 0.3) is 0 Å². The fraction of sp³-hybridized carbons (Fsp3) is 0.625. The first-order valence-corrected chi connectivity index (χ1v) is 6.88. The molecule has 106 valence electrons. The summed E-state index contributed by atoms with van der Waals surface area (Å²) in [5.41, 5.74) is 2.09. The van der Waals surface area contributed by atoms with Crippen LogP contribution in [0.15, 0.2) is 24.3 Å². The van der Waals surface area contributed by atoms with Gasteiger partial charge in [-0.05, 0) is 40.2 Å². The number of nitrogens with one attached hydrogen (secondary N) is 1. The first-order chi connectivity index (χ1) is 8.84. The Morgan fingerprint density at radius 3 is 2.53 bits per heavy atom. The summed E-state index contributed by atoms with van der Waals surface area (Å²) in [7, 11) is 1.72. The Morgan fingerprint density at radius 1 is 1.26 bits per heavy atom. The van der Waals surface area contributed by atoms with Gasteiger partial charge in [-0.25, -0.2) is 0 Å². The summed E-state index contributed by atoms with van der Waals surface area (Å²) in [4.78, 5) is 0. The highest BCUT2D eigenvalue weighted by Crippen LogP contribution is 2.39. The lowest BCUT2D eigenvalue weighted by molar-refractivity contribution is -0.0662. The van der Waals surface area contributed by atoms with Gasteiger partial charge >= 0.3 is 0 Å². The van der Waals surface area contributed by atoms with Crippen LogP contribution in [0.5, 0.6) is 0 Å². The van der Waals surface area contributed by atoms with Crippen molar-refractivity contribution < 1.29 is 9.47 Å². The van der Waals surface area contributed by atoms with Crippen LogP contribution >= 0.6 is 0 Å². The third kappa shape index (κ3) is 3.28. The van der Waals surface area contributed by atoms with E-state index in [1.54, 1.807) is 7.11 Å². The molecule has 3 heteroatoms. The Morgan fingerprint density at radius 2 is 1.95 bits per heavy atom. The highest BCUT2D eigenvalue weighted by Gasteiger charge is 2.45. The number of benzene rings is 1. The fourth-order valence-electron chi connectivity index (χ4n) is 2.92. The lowest BCUT2D eigenvalue weighted by atomic mass is 9.94. The largest absolute Gasteiger partial charge is 0.380 e. The van der Waals surface area contributed by atoms with Crippen LogP contribution in [-0.4, -0.2) is 24.4 Å². The molecule has 0 aromatic heterocycles. The summed E-state index contributed by atoms with van der Waals surface area (Å²) in [6, 6.07) is 8.60. The van der Waals surface area contributed by atoms with Crippen molar-refractivity contribution >= 4 is 5.69 Å². The van der Waals surface area contributed by atoms with Crippen molar-refractivity contribution in [3.8, 4) is 0 Å². The maximum Gasteiger partial charge on any atom is 0.0834 e. The van der Waals surface area contributed by atoms with Gasteiger partial charge in [-0.15, -0.1) is 0 Å². The molecule has 0 radical (unpaired) electrons. The van der Waals surface area contributed by atoms with E-state index < -0.39 is 0 Å². The predicted molar refractivity (Wildman–Crippen MR) is 78.4 cm³/mol. The van der Waals surface area contributed by atoms with Gasteiger partial charge in [0.15, 0.2) is 0 Å². The quantitative estimate of drug-likeness (QED) is 0.900. The van der Waals surface area contributed by atoms with Gasteiger partial charge in [-0.2, -0.15) is 0 Å². The molecule has 0 spiro atoms. The molecule has 1 aromatic rings. The van der Waals surface area contributed by atoms with E-state index in [4.69, 9.17) is 9.47 Å². The van der Waals surface area contributed by atoms with Crippen molar-refractivity contribution in [2.45, 2.75) is 58.0 Å². The molecule has 19 heavy (non-hydrogen) atoms. The van der Waals surface area contributed by atoms with Crippen LogP contribution in [-0.2, 0) is 16.1 Å². The van der Waals surface area contributed by atoms with E-state index in [2.05, 4.69) is 51.2 Å². The Bertz CT molecular complexity index is 440. The summed E-state index contributed by atoms with van der Waals surface area (Å²) < 4.78 is 11.4. The third-order valence-electron chi connectivity index (χ3n) is 3.72. The second-order valence-electron chi connectivity index (χ2n) is 6.46. The maximum atomic E-state index is 6.13. The molecule has 2 rings (SSSR count). The van der Waals surface area contributed by atoms with Crippen molar-refractivity contribution in [3.63, 3.8) is 0 Å². The van der Waals surface area contributed by atoms with Crippen LogP contribution in [0.4, 0.5) is 5.69 Å². The molecule has 1 aliphatic heterocycles. The summed E-state index contributed by atoms with van der Waals surface area (Å²) >= 11 is 0. The number of hydrogen-bond donors (Lipinski definition) is 1. The van der Waals surface area contributed by atoms with Gasteiger partial charge < -0.3 is 14.8 Å². The zero-order valence-electron chi connectivity index (χ0n) is 12.6. The molecule has 1 aromatic carbocycles. The van der Waals surface area contributed by atoms with Gasteiger partial charge in [0.05, 0.1) is 23.9 Å². The zero-order valence-corrected chi connectivity index (χ0v) is 12.6. The molecule has 1 N–H and O–H groups in total. The number of rotatable bonds is 4. The SMILES string of the molecule is COCc1ccccc1NC1CC(C)(C)OC1(C)C. The summed E-state index contributed by atoms with van der Waals surface area (Å²) in [5, 5.41) is 3.64. The maximum absolute atomic E-state index is 6.13. The van der Waals surface area contributed by atoms with E-state index in [1.807, 2.05) is 6.07 Å². The van der Waals surface area contributed by atoms with E-state index in [0.717, 1.165) is 12.1 Å². The first kappa shape index (κ1) is 14.4. The normalized spacial score (nSPS) is 24.4. The summed E-state index contributed by atoms with van der Waals surface area (Å²) in [6.45, 7) is 9.23. The standard InChI is InChI=1S/C16H25NO2/c1-15(2)10-14(16(3,4)19-15)17-13-9-7-6-8-12(13)11-18-5/h6-9,14,17H,10-11H2,1-5H3. The summed E-state index contributed by atoms with van der Waals surface area (Å²) in [5.74, 6) is 0. The lowest BCUT2D eigenvalue weighted by Crippen LogP contribution is -2.38. The van der Waals surface area contributed by atoms with Gasteiger partial charge in [0, 0.05) is 18.4 Å². The monoisotopic (exact) mass is 263 g/mol. The molecule has 0 amide bonds. The molecule has 1 aliphatic rings. The minimum Gasteiger partial charge on any atom is -0.380 e. The smallest absolute Gasteiger partial charge is 0.0834 e. The van der Waals surface area contributed by atoms with Crippen molar-refractivity contribution in [2.24, 2.45) is 0 Å². The van der Waals surface area contributed by atoms with Gasteiger partial charge in [-0.3, -0.25) is 0 Å². The molecule has 1 heterocycles. The van der Waals surface area contributed by atoms with Crippen LogP contribution in [0.1, 0.15) is 39.7 Å². The number of hydrogen-bond acceptors (Lipinski definition) is 3. The van der Waals surface area contributed by atoms with Crippen molar-refractivity contribution in [3.05, 3.63) is 29.8 Å². The predicted octanol–water partition coefficient (Wildman–Crippen LogP) is 3.59. The molecule has 1 atom stereocenters. The highest BCUT2D eigenvalue weighted by molar-refractivity contribution is 5.52. The van der Waals surface area contributed by atoms with Crippen LogP contribution < -0.4 is 5.32 Å². The molecule has 1 saturated heterocycles. The molecule has 3 nitrogen and oxygen atoms in total. The van der Waals surface area contributed by atoms with Gasteiger partial charge in [-0.1, -0.05) is 18.2 Å². The molecule has 1 unspecified atom stereocenters. The molecular weight excluding hydrogens is 238 g/mol. The summed E-state index contributed by atoms with van der Waals surface area (Å²) in [6.07, 6.45) is 1.00. The minimum atomic E-state index is -0.163. The van der Waals surface area contributed by atoms with E-state index in [1.165, 1.54) is 5.56 Å². The average molecular weight is 263 g/mol. The Balaban J connectivity index is 2.17.